The normalized spacial score (nSPS) is 17.7. The van der Waals surface area contributed by atoms with E-state index < -0.39 is 6.04 Å². The minimum atomic E-state index is -0.522. The summed E-state index contributed by atoms with van der Waals surface area (Å²) in [6.45, 7) is 2.76. The first-order valence-corrected chi connectivity index (χ1v) is 11.5. The third-order valence-electron chi connectivity index (χ3n) is 5.42. The SMILES string of the molecule is CSCC[C@H](NC(=O)[C@@H]1Cc2ccccc2C[NH2+]1)C(=O)N[C@@H](C)c1ccccc1. The fraction of sp³-hybridized carbons (Fsp3) is 0.391. The standard InChI is InChI=1S/C23H29N3O2S/c1-16(17-8-4-3-5-9-17)25-22(27)20(12-13-29-2)26-23(28)21-14-18-10-6-7-11-19(18)15-24-21/h3-11,16,20-21,24H,12-15H2,1-2H3,(H,25,27)(H,26,28)/p+1/t16-,20-,21-/m0/s1. The molecule has 0 unspecified atom stereocenters. The van der Waals surface area contributed by atoms with E-state index in [1.807, 2.05) is 55.6 Å². The lowest BCUT2D eigenvalue weighted by atomic mass is 9.95. The van der Waals surface area contributed by atoms with Crippen molar-refractivity contribution in [3.63, 3.8) is 0 Å². The average Bonchev–Trinajstić information content (AvgIpc) is 2.76. The number of hydrogen-bond donors (Lipinski definition) is 3. The zero-order valence-electron chi connectivity index (χ0n) is 17.1. The summed E-state index contributed by atoms with van der Waals surface area (Å²) in [4.78, 5) is 25.8. The highest BCUT2D eigenvalue weighted by Crippen LogP contribution is 2.14. The molecule has 2 aromatic carbocycles. The van der Waals surface area contributed by atoms with E-state index in [2.05, 4.69) is 28.1 Å². The molecule has 4 N–H and O–H groups in total. The maximum absolute atomic E-state index is 12.9. The van der Waals surface area contributed by atoms with Gasteiger partial charge in [-0.1, -0.05) is 54.6 Å². The number of amides is 2. The Bertz CT molecular complexity index is 828. The topological polar surface area (TPSA) is 74.8 Å². The smallest absolute Gasteiger partial charge is 0.279 e. The van der Waals surface area contributed by atoms with Gasteiger partial charge in [-0.05, 0) is 36.5 Å². The Morgan fingerprint density at radius 2 is 1.76 bits per heavy atom. The summed E-state index contributed by atoms with van der Waals surface area (Å²) in [5.74, 6) is 0.628. The van der Waals surface area contributed by atoms with Crippen molar-refractivity contribution < 1.29 is 14.9 Å². The second-order valence-electron chi connectivity index (χ2n) is 7.50. The fourth-order valence-corrected chi connectivity index (χ4v) is 4.14. The van der Waals surface area contributed by atoms with E-state index in [0.29, 0.717) is 12.8 Å². The number of benzene rings is 2. The molecule has 0 bridgehead atoms. The van der Waals surface area contributed by atoms with Crippen molar-refractivity contribution in [3.8, 4) is 0 Å². The first-order valence-electron chi connectivity index (χ1n) is 10.1. The number of carbonyl (C=O) groups is 2. The third kappa shape index (κ3) is 5.84. The molecule has 29 heavy (non-hydrogen) atoms. The highest BCUT2D eigenvalue weighted by molar-refractivity contribution is 7.98. The summed E-state index contributed by atoms with van der Waals surface area (Å²) >= 11 is 1.68. The monoisotopic (exact) mass is 412 g/mol. The molecule has 0 spiro atoms. The van der Waals surface area contributed by atoms with E-state index in [1.165, 1.54) is 11.1 Å². The van der Waals surface area contributed by atoms with E-state index in [0.717, 1.165) is 17.9 Å². The lowest BCUT2D eigenvalue weighted by molar-refractivity contribution is -0.695. The van der Waals surface area contributed by atoms with Crippen LogP contribution in [0.2, 0.25) is 0 Å². The first-order chi connectivity index (χ1) is 14.1. The summed E-state index contributed by atoms with van der Waals surface area (Å²) < 4.78 is 0. The number of fused-ring (bicyclic) bond motifs is 1. The first kappa shape index (κ1) is 21.4. The molecule has 0 aromatic heterocycles. The zero-order valence-corrected chi connectivity index (χ0v) is 17.9. The Hall–Kier alpha value is -2.31. The molecule has 0 saturated heterocycles. The highest BCUT2D eigenvalue weighted by Gasteiger charge is 2.31. The van der Waals surface area contributed by atoms with Crippen LogP contribution in [0.15, 0.2) is 54.6 Å². The Labute approximate surface area is 177 Å². The fourth-order valence-electron chi connectivity index (χ4n) is 3.67. The lowest BCUT2D eigenvalue weighted by Crippen LogP contribution is -2.93. The molecule has 0 saturated carbocycles. The van der Waals surface area contributed by atoms with Gasteiger partial charge in [0.25, 0.3) is 5.91 Å². The molecule has 3 rings (SSSR count). The maximum Gasteiger partial charge on any atom is 0.279 e. The van der Waals surface area contributed by atoms with Gasteiger partial charge in [0.05, 0.1) is 6.04 Å². The Balaban J connectivity index is 1.62. The van der Waals surface area contributed by atoms with Crippen LogP contribution in [-0.4, -0.2) is 35.9 Å². The molecule has 2 aromatic rings. The van der Waals surface area contributed by atoms with Crippen LogP contribution in [0.5, 0.6) is 0 Å². The molecule has 3 atom stereocenters. The average molecular weight is 413 g/mol. The van der Waals surface area contributed by atoms with Gasteiger partial charge in [-0.25, -0.2) is 0 Å². The van der Waals surface area contributed by atoms with Crippen LogP contribution in [0.3, 0.4) is 0 Å². The minimum Gasteiger partial charge on any atom is -0.348 e. The van der Waals surface area contributed by atoms with Crippen molar-refractivity contribution >= 4 is 23.6 Å². The van der Waals surface area contributed by atoms with Gasteiger partial charge in [0.15, 0.2) is 6.04 Å². The lowest BCUT2D eigenvalue weighted by Gasteiger charge is -2.26. The van der Waals surface area contributed by atoms with Crippen LogP contribution in [0.4, 0.5) is 0 Å². The van der Waals surface area contributed by atoms with E-state index in [-0.39, 0.29) is 23.9 Å². The van der Waals surface area contributed by atoms with Crippen molar-refractivity contribution in [2.24, 2.45) is 0 Å². The van der Waals surface area contributed by atoms with Crippen LogP contribution >= 0.6 is 11.8 Å². The van der Waals surface area contributed by atoms with Gasteiger partial charge in [-0.2, -0.15) is 11.8 Å². The Kier molecular flexibility index (Phi) is 7.72. The quantitative estimate of drug-likeness (QED) is 0.619. The number of thioether (sulfide) groups is 1. The number of carbonyl (C=O) groups excluding carboxylic acids is 2. The molecular weight excluding hydrogens is 382 g/mol. The van der Waals surface area contributed by atoms with Crippen molar-refractivity contribution in [2.45, 2.75) is 44.4 Å². The number of hydrogen-bond acceptors (Lipinski definition) is 3. The minimum absolute atomic E-state index is 0.0619. The molecule has 5 nitrogen and oxygen atoms in total. The summed E-state index contributed by atoms with van der Waals surface area (Å²) in [7, 11) is 0. The molecule has 0 fully saturated rings. The second kappa shape index (κ2) is 10.5. The van der Waals surface area contributed by atoms with Gasteiger partial charge in [0.2, 0.25) is 5.91 Å². The van der Waals surface area contributed by atoms with E-state index in [9.17, 15) is 9.59 Å². The van der Waals surface area contributed by atoms with Gasteiger partial charge in [0, 0.05) is 12.0 Å². The van der Waals surface area contributed by atoms with Crippen LogP contribution in [0.25, 0.3) is 0 Å². The van der Waals surface area contributed by atoms with Crippen molar-refractivity contribution in [3.05, 3.63) is 71.3 Å². The molecule has 6 heteroatoms. The Morgan fingerprint density at radius 3 is 2.48 bits per heavy atom. The molecule has 1 heterocycles. The second-order valence-corrected chi connectivity index (χ2v) is 8.49. The van der Waals surface area contributed by atoms with Gasteiger partial charge >= 0.3 is 0 Å². The number of quaternary nitrogens is 1. The molecule has 0 radical (unpaired) electrons. The van der Waals surface area contributed by atoms with Crippen molar-refractivity contribution in [1.29, 1.82) is 0 Å². The molecule has 2 amide bonds. The molecule has 154 valence electrons. The van der Waals surface area contributed by atoms with Crippen molar-refractivity contribution in [1.82, 2.24) is 10.6 Å². The van der Waals surface area contributed by atoms with E-state index in [1.54, 1.807) is 11.8 Å². The van der Waals surface area contributed by atoms with Crippen LogP contribution in [0.1, 0.15) is 36.1 Å². The Morgan fingerprint density at radius 1 is 1.07 bits per heavy atom. The predicted molar refractivity (Wildman–Crippen MR) is 117 cm³/mol. The predicted octanol–water partition coefficient (Wildman–Crippen LogP) is 1.79. The van der Waals surface area contributed by atoms with Gasteiger partial charge < -0.3 is 16.0 Å². The summed E-state index contributed by atoms with van der Waals surface area (Å²) in [5, 5.41) is 8.13. The number of nitrogens with one attached hydrogen (secondary N) is 2. The highest BCUT2D eigenvalue weighted by atomic mass is 32.2. The van der Waals surface area contributed by atoms with Crippen LogP contribution < -0.4 is 16.0 Å². The van der Waals surface area contributed by atoms with Crippen molar-refractivity contribution in [2.75, 3.05) is 12.0 Å². The third-order valence-corrected chi connectivity index (χ3v) is 6.06. The zero-order chi connectivity index (χ0) is 20.6. The molecule has 1 aliphatic rings. The van der Waals surface area contributed by atoms with Crippen LogP contribution in [-0.2, 0) is 22.6 Å². The maximum atomic E-state index is 12.9. The van der Waals surface area contributed by atoms with Gasteiger partial charge in [-0.3, -0.25) is 9.59 Å². The molecular formula is C23H30N3O2S+. The molecule has 1 aliphatic heterocycles. The summed E-state index contributed by atoms with van der Waals surface area (Å²) in [5.41, 5.74) is 3.55. The van der Waals surface area contributed by atoms with Crippen LogP contribution in [0, 0.1) is 0 Å². The largest absolute Gasteiger partial charge is 0.348 e. The van der Waals surface area contributed by atoms with E-state index in [4.69, 9.17) is 0 Å². The number of nitrogens with two attached hydrogens (primary N) is 1. The van der Waals surface area contributed by atoms with E-state index >= 15 is 0 Å². The van der Waals surface area contributed by atoms with Gasteiger partial charge in [0.1, 0.15) is 12.6 Å². The van der Waals surface area contributed by atoms with Gasteiger partial charge in [-0.15, -0.1) is 0 Å². The number of rotatable bonds is 8. The summed E-state index contributed by atoms with van der Waals surface area (Å²) in [6.07, 6.45) is 3.32. The molecule has 0 aliphatic carbocycles. The summed E-state index contributed by atoms with van der Waals surface area (Å²) in [6, 6.07) is 17.3.